The Morgan fingerprint density at radius 1 is 1.24 bits per heavy atom. The van der Waals surface area contributed by atoms with Gasteiger partial charge in [-0.05, 0) is 58.8 Å². The van der Waals surface area contributed by atoms with E-state index in [1.807, 2.05) is 45.0 Å². The number of amides is 1. The summed E-state index contributed by atoms with van der Waals surface area (Å²) in [4.78, 5) is 30.5. The molecule has 1 saturated heterocycles. The molecule has 0 bridgehead atoms. The molecular weight excluding hydrogens is 368 g/mol. The maximum Gasteiger partial charge on any atom is 0.273 e. The highest BCUT2D eigenvalue weighted by molar-refractivity contribution is 5.95. The summed E-state index contributed by atoms with van der Waals surface area (Å²) in [5.74, 6) is 0.134. The Morgan fingerprint density at radius 2 is 1.93 bits per heavy atom. The lowest BCUT2D eigenvalue weighted by Gasteiger charge is -2.32. The summed E-state index contributed by atoms with van der Waals surface area (Å²) >= 11 is 0. The van der Waals surface area contributed by atoms with Gasteiger partial charge in [-0.1, -0.05) is 18.2 Å². The first-order valence-electron chi connectivity index (χ1n) is 10.1. The number of piperidine rings is 1. The second-order valence-electron chi connectivity index (χ2n) is 7.95. The molecule has 154 valence electrons. The van der Waals surface area contributed by atoms with Crippen LogP contribution >= 0.6 is 0 Å². The number of hydrogen-bond donors (Lipinski definition) is 1. The van der Waals surface area contributed by atoms with Crippen LogP contribution in [0, 0.1) is 17.0 Å². The van der Waals surface area contributed by atoms with Gasteiger partial charge in [0.2, 0.25) is 0 Å². The molecular formula is C22H28N4O3. The monoisotopic (exact) mass is 396 g/mol. The molecule has 1 aliphatic heterocycles. The zero-order chi connectivity index (χ0) is 21.0. The van der Waals surface area contributed by atoms with E-state index in [4.69, 9.17) is 4.98 Å². The van der Waals surface area contributed by atoms with Gasteiger partial charge >= 0.3 is 0 Å². The van der Waals surface area contributed by atoms with E-state index in [0.29, 0.717) is 12.1 Å². The maximum atomic E-state index is 12.6. The van der Waals surface area contributed by atoms with Crippen LogP contribution in [0.3, 0.4) is 0 Å². The first kappa shape index (κ1) is 20.9. The van der Waals surface area contributed by atoms with Crippen molar-refractivity contribution in [1.82, 2.24) is 15.2 Å². The molecule has 1 N–H and O–H groups in total. The van der Waals surface area contributed by atoms with Crippen molar-refractivity contribution in [2.45, 2.75) is 52.1 Å². The van der Waals surface area contributed by atoms with Crippen molar-refractivity contribution in [3.8, 4) is 0 Å². The normalized spacial score (nSPS) is 15.4. The molecule has 1 fully saturated rings. The fraction of sp³-hybridized carbons (Fsp3) is 0.455. The fourth-order valence-corrected chi connectivity index (χ4v) is 3.85. The van der Waals surface area contributed by atoms with Crippen LogP contribution in [0.15, 0.2) is 36.4 Å². The summed E-state index contributed by atoms with van der Waals surface area (Å²) in [5, 5.41) is 14.2. The van der Waals surface area contributed by atoms with E-state index >= 15 is 0 Å². The first-order valence-corrected chi connectivity index (χ1v) is 10.1. The van der Waals surface area contributed by atoms with Crippen molar-refractivity contribution in [3.05, 3.63) is 69.0 Å². The number of likely N-dealkylation sites (tertiary alicyclic amines) is 1. The number of benzene rings is 1. The van der Waals surface area contributed by atoms with Gasteiger partial charge in [0.05, 0.1) is 16.2 Å². The fourth-order valence-electron chi connectivity index (χ4n) is 3.85. The number of carbonyl (C=O) groups is 1. The molecule has 29 heavy (non-hydrogen) atoms. The van der Waals surface area contributed by atoms with E-state index in [1.54, 1.807) is 12.1 Å². The van der Waals surface area contributed by atoms with Crippen molar-refractivity contribution in [3.63, 3.8) is 0 Å². The zero-order valence-electron chi connectivity index (χ0n) is 17.2. The van der Waals surface area contributed by atoms with Crippen LogP contribution < -0.4 is 5.32 Å². The average Bonchev–Trinajstić information content (AvgIpc) is 2.68. The molecule has 1 aromatic heterocycles. The predicted octanol–water partition coefficient (Wildman–Crippen LogP) is 3.82. The number of nitrogens with one attached hydrogen (secondary N) is 1. The zero-order valence-corrected chi connectivity index (χ0v) is 17.2. The number of carbonyl (C=O) groups excluding carboxylic acids is 1. The summed E-state index contributed by atoms with van der Waals surface area (Å²) in [7, 11) is 0. The number of hydrogen-bond acceptors (Lipinski definition) is 5. The highest BCUT2D eigenvalue weighted by Gasteiger charge is 2.27. The minimum Gasteiger partial charge on any atom is -0.350 e. The van der Waals surface area contributed by atoms with Gasteiger partial charge in [0.1, 0.15) is 0 Å². The molecule has 0 atom stereocenters. The predicted molar refractivity (Wildman–Crippen MR) is 112 cm³/mol. The van der Waals surface area contributed by atoms with Crippen LogP contribution in [-0.2, 0) is 6.54 Å². The smallest absolute Gasteiger partial charge is 0.273 e. The Balaban J connectivity index is 1.71. The Kier molecular flexibility index (Phi) is 6.59. The second-order valence-corrected chi connectivity index (χ2v) is 7.95. The average molecular weight is 396 g/mol. The highest BCUT2D eigenvalue weighted by Crippen LogP contribution is 2.31. The van der Waals surface area contributed by atoms with Gasteiger partial charge < -0.3 is 5.32 Å². The summed E-state index contributed by atoms with van der Waals surface area (Å²) in [6.07, 6.45) is 1.75. The largest absolute Gasteiger partial charge is 0.350 e. The Labute approximate surface area is 171 Å². The lowest BCUT2D eigenvalue weighted by atomic mass is 9.89. The van der Waals surface area contributed by atoms with Gasteiger partial charge in [0, 0.05) is 35.8 Å². The Hall–Kier alpha value is -2.80. The highest BCUT2D eigenvalue weighted by atomic mass is 16.6. The van der Waals surface area contributed by atoms with Crippen LogP contribution in [0.4, 0.5) is 5.69 Å². The lowest BCUT2D eigenvalue weighted by molar-refractivity contribution is -0.385. The van der Waals surface area contributed by atoms with Crippen LogP contribution in [-0.4, -0.2) is 39.8 Å². The molecule has 1 aliphatic rings. The Bertz CT molecular complexity index is 889. The van der Waals surface area contributed by atoms with E-state index in [0.717, 1.165) is 42.9 Å². The van der Waals surface area contributed by atoms with E-state index in [2.05, 4.69) is 10.2 Å². The third kappa shape index (κ3) is 5.17. The third-order valence-corrected chi connectivity index (χ3v) is 5.28. The molecule has 1 aromatic carbocycles. The number of nitro benzene ring substituents is 1. The first-order chi connectivity index (χ1) is 13.8. The topological polar surface area (TPSA) is 88.4 Å². The third-order valence-electron chi connectivity index (χ3n) is 5.28. The maximum absolute atomic E-state index is 12.6. The number of aryl methyl sites for hydroxylation is 1. The SMILES string of the molecule is Cc1ccc(C(=O)NC(C)C)c(C2CCN(Cc3ccccc3[N+](=O)[O-])CC2)n1. The van der Waals surface area contributed by atoms with Gasteiger partial charge in [-0.15, -0.1) is 0 Å². The van der Waals surface area contributed by atoms with Gasteiger partial charge in [-0.3, -0.25) is 24.8 Å². The van der Waals surface area contributed by atoms with Crippen LogP contribution in [0.2, 0.25) is 0 Å². The van der Waals surface area contributed by atoms with E-state index in [1.165, 1.54) is 0 Å². The summed E-state index contributed by atoms with van der Waals surface area (Å²) in [6.45, 7) is 8.03. The molecule has 0 radical (unpaired) electrons. The van der Waals surface area contributed by atoms with Crippen molar-refractivity contribution in [2.24, 2.45) is 0 Å². The van der Waals surface area contributed by atoms with Crippen LogP contribution in [0.1, 0.15) is 59.9 Å². The molecule has 0 unspecified atom stereocenters. The van der Waals surface area contributed by atoms with Gasteiger partial charge in [-0.2, -0.15) is 0 Å². The number of para-hydroxylation sites is 1. The van der Waals surface area contributed by atoms with Crippen molar-refractivity contribution >= 4 is 11.6 Å². The summed E-state index contributed by atoms with van der Waals surface area (Å²) < 4.78 is 0. The second kappa shape index (κ2) is 9.13. The van der Waals surface area contributed by atoms with Crippen LogP contribution in [0.25, 0.3) is 0 Å². The number of aromatic nitrogens is 1. The number of rotatable bonds is 6. The number of nitrogens with zero attached hydrogens (tertiary/aromatic N) is 3. The van der Waals surface area contributed by atoms with Gasteiger partial charge in [0.25, 0.3) is 11.6 Å². The minimum atomic E-state index is -0.321. The van der Waals surface area contributed by atoms with Crippen LogP contribution in [0.5, 0.6) is 0 Å². The molecule has 0 aliphatic carbocycles. The number of pyridine rings is 1. The Morgan fingerprint density at radius 3 is 2.59 bits per heavy atom. The van der Waals surface area contributed by atoms with Crippen molar-refractivity contribution in [1.29, 1.82) is 0 Å². The van der Waals surface area contributed by atoms with E-state index in [-0.39, 0.29) is 28.5 Å². The molecule has 3 rings (SSSR count). The van der Waals surface area contributed by atoms with Gasteiger partial charge in [0.15, 0.2) is 0 Å². The molecule has 0 spiro atoms. The summed E-state index contributed by atoms with van der Waals surface area (Å²) in [6, 6.07) is 10.7. The molecule has 7 heteroatoms. The molecule has 7 nitrogen and oxygen atoms in total. The lowest BCUT2D eigenvalue weighted by Crippen LogP contribution is -2.35. The molecule has 2 heterocycles. The quantitative estimate of drug-likeness (QED) is 0.592. The molecule has 0 saturated carbocycles. The molecule has 1 amide bonds. The van der Waals surface area contributed by atoms with E-state index in [9.17, 15) is 14.9 Å². The standard InChI is InChI=1S/C22H28N4O3/c1-15(2)23-22(27)19-9-8-16(3)24-21(19)17-10-12-25(13-11-17)14-18-6-4-5-7-20(18)26(28)29/h4-9,15,17H,10-14H2,1-3H3,(H,23,27). The molecule has 2 aromatic rings. The summed E-state index contributed by atoms with van der Waals surface area (Å²) in [5.41, 5.74) is 3.34. The van der Waals surface area contributed by atoms with E-state index < -0.39 is 0 Å². The van der Waals surface area contributed by atoms with Gasteiger partial charge in [-0.25, -0.2) is 0 Å². The van der Waals surface area contributed by atoms with Crippen molar-refractivity contribution in [2.75, 3.05) is 13.1 Å². The minimum absolute atomic E-state index is 0.0696. The van der Waals surface area contributed by atoms with Crippen molar-refractivity contribution < 1.29 is 9.72 Å². The number of nitro groups is 1.